The van der Waals surface area contributed by atoms with Crippen LogP contribution in [0, 0.1) is 0 Å². The minimum absolute atomic E-state index is 0.0764. The summed E-state index contributed by atoms with van der Waals surface area (Å²) in [5, 5.41) is 5.43. The second kappa shape index (κ2) is 12.8. The number of hydrogen-bond donors (Lipinski definition) is 0. The number of halogens is 1. The molecule has 3 heterocycles. The molecule has 1 saturated heterocycles. The summed E-state index contributed by atoms with van der Waals surface area (Å²) in [6, 6.07) is 20.8. The van der Waals surface area contributed by atoms with Crippen LogP contribution in [0.25, 0.3) is 16.9 Å². The van der Waals surface area contributed by atoms with Crippen molar-refractivity contribution in [3.8, 4) is 34.2 Å². The van der Waals surface area contributed by atoms with E-state index in [2.05, 4.69) is 0 Å². The van der Waals surface area contributed by atoms with Gasteiger partial charge in [0, 0.05) is 29.2 Å². The first-order chi connectivity index (χ1) is 21.4. The van der Waals surface area contributed by atoms with Gasteiger partial charge in [-0.3, -0.25) is 14.5 Å². The highest BCUT2D eigenvalue weighted by atomic mass is 35.5. The number of rotatable bonds is 8. The number of likely N-dealkylation sites (tertiary alicyclic amines) is 1. The average molecular weight is 633 g/mol. The molecule has 0 radical (unpaired) electrons. The van der Waals surface area contributed by atoms with E-state index in [1.165, 1.54) is 11.8 Å². The van der Waals surface area contributed by atoms with Crippen LogP contribution in [0.3, 0.4) is 0 Å². The first-order valence-corrected chi connectivity index (χ1v) is 15.8. The van der Waals surface area contributed by atoms with Gasteiger partial charge in [0.25, 0.3) is 0 Å². The topological polar surface area (TPSA) is 86.1 Å². The molecular weight excluding hydrogens is 600 g/mol. The third-order valence-electron chi connectivity index (χ3n) is 7.99. The van der Waals surface area contributed by atoms with E-state index < -0.39 is 0 Å². The van der Waals surface area contributed by atoms with Crippen molar-refractivity contribution in [3.63, 3.8) is 0 Å². The maximum Gasteiger partial charge on any atom is 0.242 e. The highest BCUT2D eigenvalue weighted by Crippen LogP contribution is 2.49. The summed E-state index contributed by atoms with van der Waals surface area (Å²) < 4.78 is 18.3. The molecule has 2 amide bonds. The quantitative estimate of drug-likeness (QED) is 0.235. The Balaban J connectivity index is 1.60. The van der Waals surface area contributed by atoms with Gasteiger partial charge in [0.1, 0.15) is 18.1 Å². The second-order valence-corrected chi connectivity index (χ2v) is 12.1. The maximum absolute atomic E-state index is 14.0. The zero-order chi connectivity index (χ0) is 30.8. The molecule has 9 nitrogen and oxygen atoms in total. The van der Waals surface area contributed by atoms with Crippen molar-refractivity contribution in [2.45, 2.75) is 18.1 Å². The van der Waals surface area contributed by atoms with Gasteiger partial charge in [0.05, 0.1) is 43.7 Å². The first kappa shape index (κ1) is 29.9. The number of benzene rings is 3. The summed E-state index contributed by atoms with van der Waals surface area (Å²) in [6.45, 7) is 1.32. The predicted octanol–water partition coefficient (Wildman–Crippen LogP) is 6.01. The van der Waals surface area contributed by atoms with Crippen LogP contribution < -0.4 is 19.1 Å². The predicted molar refractivity (Wildman–Crippen MR) is 173 cm³/mol. The fourth-order valence-electron chi connectivity index (χ4n) is 5.72. The van der Waals surface area contributed by atoms with Gasteiger partial charge in [-0.15, -0.1) is 11.8 Å². The monoisotopic (exact) mass is 632 g/mol. The number of hydrogen-bond acceptors (Lipinski definition) is 7. The lowest BCUT2D eigenvalue weighted by molar-refractivity contribution is -0.130. The van der Waals surface area contributed by atoms with E-state index >= 15 is 0 Å². The van der Waals surface area contributed by atoms with E-state index in [-0.39, 0.29) is 29.4 Å². The number of fused-ring (bicyclic) bond motifs is 1. The van der Waals surface area contributed by atoms with E-state index in [9.17, 15) is 9.59 Å². The minimum atomic E-state index is -0.321. The molecule has 0 spiro atoms. The van der Waals surface area contributed by atoms with Crippen LogP contribution in [0.1, 0.15) is 29.2 Å². The van der Waals surface area contributed by atoms with E-state index in [1.54, 1.807) is 30.9 Å². The first-order valence-electron chi connectivity index (χ1n) is 14.4. The Morgan fingerprint density at radius 2 is 1.64 bits per heavy atom. The van der Waals surface area contributed by atoms with Gasteiger partial charge in [-0.2, -0.15) is 5.10 Å². The van der Waals surface area contributed by atoms with Crippen molar-refractivity contribution < 1.29 is 23.8 Å². The van der Waals surface area contributed by atoms with Crippen LogP contribution in [-0.4, -0.2) is 73.2 Å². The third-order valence-corrected chi connectivity index (χ3v) is 9.49. The van der Waals surface area contributed by atoms with Crippen molar-refractivity contribution in [2.75, 3.05) is 51.6 Å². The van der Waals surface area contributed by atoms with Crippen molar-refractivity contribution >= 4 is 41.0 Å². The molecule has 2 aliphatic heterocycles. The third kappa shape index (κ3) is 5.71. The number of aromatic nitrogens is 2. The van der Waals surface area contributed by atoms with Gasteiger partial charge in [0.2, 0.25) is 11.8 Å². The summed E-state index contributed by atoms with van der Waals surface area (Å²) in [5.41, 5.74) is 3.99. The van der Waals surface area contributed by atoms with Crippen LogP contribution in [0.5, 0.6) is 17.2 Å². The summed E-state index contributed by atoms with van der Waals surface area (Å²) in [5.74, 6) is 2.37. The van der Waals surface area contributed by atoms with Gasteiger partial charge in [0.15, 0.2) is 11.5 Å². The Morgan fingerprint density at radius 3 is 2.30 bits per heavy atom. The molecule has 1 fully saturated rings. The van der Waals surface area contributed by atoms with Crippen LogP contribution in [0.15, 0.2) is 66.7 Å². The molecule has 2 aliphatic rings. The van der Waals surface area contributed by atoms with Gasteiger partial charge < -0.3 is 19.1 Å². The van der Waals surface area contributed by atoms with Crippen molar-refractivity contribution in [2.24, 2.45) is 0 Å². The van der Waals surface area contributed by atoms with E-state index in [4.69, 9.17) is 30.9 Å². The van der Waals surface area contributed by atoms with Gasteiger partial charge in [-0.05, 0) is 66.9 Å². The van der Waals surface area contributed by atoms with E-state index in [1.807, 2.05) is 71.6 Å². The molecule has 228 valence electrons. The zero-order valence-electron chi connectivity index (χ0n) is 24.8. The largest absolute Gasteiger partial charge is 0.497 e. The van der Waals surface area contributed by atoms with Crippen LogP contribution in [-0.2, 0) is 9.59 Å². The fraction of sp³-hybridized carbons (Fsp3) is 0.303. The Bertz CT molecular complexity index is 1670. The van der Waals surface area contributed by atoms with E-state index in [0.29, 0.717) is 46.9 Å². The number of carbonyl (C=O) groups is 2. The van der Waals surface area contributed by atoms with Crippen molar-refractivity contribution in [1.82, 2.24) is 14.7 Å². The molecule has 44 heavy (non-hydrogen) atoms. The Kier molecular flexibility index (Phi) is 8.72. The summed E-state index contributed by atoms with van der Waals surface area (Å²) >= 11 is 7.78. The molecule has 1 atom stereocenters. The number of thioether (sulfide) groups is 1. The normalized spacial score (nSPS) is 16.5. The van der Waals surface area contributed by atoms with Crippen molar-refractivity contribution in [1.29, 1.82) is 0 Å². The molecule has 0 aliphatic carbocycles. The lowest BCUT2D eigenvalue weighted by Gasteiger charge is -2.25. The highest BCUT2D eigenvalue weighted by Gasteiger charge is 2.38. The summed E-state index contributed by atoms with van der Waals surface area (Å²) in [7, 11) is 4.81. The number of nitrogens with zero attached hydrogens (tertiary/aromatic N) is 4. The minimum Gasteiger partial charge on any atom is -0.497 e. The molecule has 1 unspecified atom stereocenters. The maximum atomic E-state index is 14.0. The van der Waals surface area contributed by atoms with Crippen LogP contribution >= 0.6 is 23.4 Å². The Labute approximate surface area is 265 Å². The highest BCUT2D eigenvalue weighted by molar-refractivity contribution is 8.00. The molecule has 3 aromatic carbocycles. The molecule has 1 aromatic heterocycles. The van der Waals surface area contributed by atoms with E-state index in [0.717, 1.165) is 35.2 Å². The Hall–Kier alpha value is -4.15. The lowest BCUT2D eigenvalue weighted by atomic mass is 9.99. The van der Waals surface area contributed by atoms with Gasteiger partial charge in [-0.25, -0.2) is 4.68 Å². The molecule has 0 N–H and O–H groups in total. The smallest absolute Gasteiger partial charge is 0.242 e. The summed E-state index contributed by atoms with van der Waals surface area (Å²) in [6.07, 6.45) is 1.93. The zero-order valence-corrected chi connectivity index (χ0v) is 26.4. The average Bonchev–Trinajstić information content (AvgIpc) is 3.71. The second-order valence-electron chi connectivity index (χ2n) is 10.6. The molecule has 11 heteroatoms. The number of amides is 2. The number of anilines is 1. The number of ether oxygens (including phenoxy) is 3. The molecule has 4 aromatic rings. The molecular formula is C33H33ClN4O5S. The van der Waals surface area contributed by atoms with Crippen molar-refractivity contribution in [3.05, 3.63) is 82.9 Å². The SMILES string of the molecule is COc1ccc(-n2nc(-c3ccc(Cl)cc3)c3c2N(CC(=O)N2CCCC2)C(=O)CSC3c2ccc(OC)c(OC)c2)cc1. The molecule has 0 bridgehead atoms. The molecule has 6 rings (SSSR count). The standard InChI is InChI=1S/C33H33ClN4O5S/c1-41-25-13-11-24(12-14-25)38-33-30(31(35-38)21-6-9-23(34)10-7-21)32(22-8-15-26(42-2)27(18-22)43-3)44-20-29(40)37(33)19-28(39)36-16-4-5-17-36/h6-15,18,32H,4-5,16-17,19-20H2,1-3H3. The molecule has 0 saturated carbocycles. The Morgan fingerprint density at radius 1 is 0.932 bits per heavy atom. The van der Waals surface area contributed by atoms with Gasteiger partial charge >= 0.3 is 0 Å². The summed E-state index contributed by atoms with van der Waals surface area (Å²) in [4.78, 5) is 31.0. The van der Waals surface area contributed by atoms with Crippen LogP contribution in [0.4, 0.5) is 5.82 Å². The fourth-order valence-corrected chi connectivity index (χ4v) is 7.04. The lowest BCUT2D eigenvalue weighted by Crippen LogP contribution is -2.43. The van der Waals surface area contributed by atoms with Gasteiger partial charge in [-0.1, -0.05) is 29.8 Å². The van der Waals surface area contributed by atoms with Crippen LogP contribution in [0.2, 0.25) is 5.02 Å². The number of carbonyl (C=O) groups excluding carboxylic acids is 2. The number of methoxy groups -OCH3 is 3.